The number of carbonyl (C=O) groups excluding carboxylic acids is 1. The number of nitrogens with one attached hydrogen (secondary N) is 2. The Bertz CT molecular complexity index is 743. The second-order valence-electron chi connectivity index (χ2n) is 6.60. The first kappa shape index (κ1) is 17.6. The fourth-order valence-electron chi connectivity index (χ4n) is 3.37. The maximum absolute atomic E-state index is 13.6. The number of carbonyl (C=O) groups is 1. The largest absolute Gasteiger partial charge is 0.348 e. The van der Waals surface area contributed by atoms with E-state index in [1.807, 2.05) is 16.9 Å². The van der Waals surface area contributed by atoms with Crippen LogP contribution in [-0.2, 0) is 17.9 Å². The van der Waals surface area contributed by atoms with Crippen molar-refractivity contribution in [3.05, 3.63) is 53.1 Å². The van der Waals surface area contributed by atoms with Crippen LogP contribution in [0.25, 0.3) is 0 Å². The number of rotatable bonds is 6. The van der Waals surface area contributed by atoms with E-state index >= 15 is 0 Å². The molecule has 1 fully saturated rings. The fourth-order valence-corrected chi connectivity index (χ4v) is 3.37. The minimum absolute atomic E-state index is 0.0132. The zero-order valence-corrected chi connectivity index (χ0v) is 14.8. The third kappa shape index (κ3) is 4.07. The van der Waals surface area contributed by atoms with Crippen molar-refractivity contribution in [1.29, 1.82) is 0 Å². The van der Waals surface area contributed by atoms with Crippen LogP contribution < -0.4 is 10.6 Å². The van der Waals surface area contributed by atoms with Crippen molar-refractivity contribution in [2.45, 2.75) is 58.3 Å². The minimum atomic E-state index is -0.284. The summed E-state index contributed by atoms with van der Waals surface area (Å²) in [7, 11) is 0. The molecular weight excluding hydrogens is 319 g/mol. The molecule has 0 radical (unpaired) electrons. The van der Waals surface area contributed by atoms with Gasteiger partial charge in [0.1, 0.15) is 5.82 Å². The van der Waals surface area contributed by atoms with E-state index in [0.29, 0.717) is 13.0 Å². The molecule has 1 aliphatic heterocycles. The van der Waals surface area contributed by atoms with Crippen molar-refractivity contribution in [2.24, 2.45) is 0 Å². The van der Waals surface area contributed by atoms with Crippen molar-refractivity contribution in [1.82, 2.24) is 20.4 Å². The average Bonchev–Trinajstić information content (AvgIpc) is 2.94. The lowest BCUT2D eigenvalue weighted by Crippen LogP contribution is -2.48. The molecule has 6 heteroatoms. The van der Waals surface area contributed by atoms with Crippen LogP contribution in [0.4, 0.5) is 4.39 Å². The summed E-state index contributed by atoms with van der Waals surface area (Å²) in [5, 5.41) is 11.0. The van der Waals surface area contributed by atoms with Gasteiger partial charge in [-0.25, -0.2) is 4.39 Å². The van der Waals surface area contributed by atoms with Crippen LogP contribution >= 0.6 is 0 Å². The number of amides is 1. The summed E-state index contributed by atoms with van der Waals surface area (Å²) in [4.78, 5) is 11.8. The maximum atomic E-state index is 13.6. The number of aromatic nitrogens is 2. The molecule has 1 aliphatic rings. The van der Waals surface area contributed by atoms with Gasteiger partial charge in [0.15, 0.2) is 0 Å². The van der Waals surface area contributed by atoms with Gasteiger partial charge in [0, 0.05) is 36.8 Å². The van der Waals surface area contributed by atoms with Crippen molar-refractivity contribution in [2.75, 3.05) is 0 Å². The quantitative estimate of drug-likeness (QED) is 0.847. The topological polar surface area (TPSA) is 59.0 Å². The Balaban J connectivity index is 1.72. The van der Waals surface area contributed by atoms with Crippen molar-refractivity contribution < 1.29 is 9.18 Å². The van der Waals surface area contributed by atoms with E-state index in [-0.39, 0.29) is 23.8 Å². The zero-order valence-electron chi connectivity index (χ0n) is 14.8. The van der Waals surface area contributed by atoms with Gasteiger partial charge in [-0.2, -0.15) is 5.10 Å². The molecule has 3 rings (SSSR count). The highest BCUT2D eigenvalue weighted by Gasteiger charge is 2.30. The monoisotopic (exact) mass is 344 g/mol. The normalized spacial score (nSPS) is 20.5. The number of halogens is 1. The van der Waals surface area contributed by atoms with Gasteiger partial charge < -0.3 is 10.6 Å². The van der Waals surface area contributed by atoms with Crippen molar-refractivity contribution in [3.63, 3.8) is 0 Å². The van der Waals surface area contributed by atoms with E-state index in [2.05, 4.69) is 29.6 Å². The summed E-state index contributed by atoms with van der Waals surface area (Å²) >= 11 is 0. The highest BCUT2D eigenvalue weighted by atomic mass is 19.1. The zero-order chi connectivity index (χ0) is 17.8. The molecule has 1 amide bonds. The molecule has 1 saturated heterocycles. The highest BCUT2D eigenvalue weighted by molar-refractivity contribution is 5.77. The number of hydrogen-bond acceptors (Lipinski definition) is 3. The molecular formula is C19H25FN4O. The van der Waals surface area contributed by atoms with E-state index in [1.165, 1.54) is 12.1 Å². The molecule has 0 unspecified atom stereocenters. The highest BCUT2D eigenvalue weighted by Crippen LogP contribution is 2.25. The Morgan fingerprint density at radius 3 is 3.04 bits per heavy atom. The van der Waals surface area contributed by atoms with Crippen molar-refractivity contribution >= 4 is 5.91 Å². The van der Waals surface area contributed by atoms with Gasteiger partial charge in [-0.1, -0.05) is 19.1 Å². The average molecular weight is 344 g/mol. The molecule has 0 bridgehead atoms. The van der Waals surface area contributed by atoms with E-state index in [4.69, 9.17) is 0 Å². The lowest BCUT2D eigenvalue weighted by molar-refractivity contribution is -0.123. The molecule has 2 atom stereocenters. The molecule has 1 aromatic carbocycles. The number of aryl methyl sites for hydroxylation is 1. The first-order chi connectivity index (χ1) is 12.1. The predicted molar refractivity (Wildman–Crippen MR) is 94.4 cm³/mol. The summed E-state index contributed by atoms with van der Waals surface area (Å²) in [5.74, 6) is -0.271. The first-order valence-corrected chi connectivity index (χ1v) is 8.88. The molecule has 0 saturated carbocycles. The third-order valence-electron chi connectivity index (χ3n) is 4.80. The first-order valence-electron chi connectivity index (χ1n) is 8.88. The Kier molecular flexibility index (Phi) is 5.48. The number of hydrogen-bond donors (Lipinski definition) is 2. The summed E-state index contributed by atoms with van der Waals surface area (Å²) < 4.78 is 15.6. The fraction of sp³-hybridized carbons (Fsp3) is 0.474. The van der Waals surface area contributed by atoms with Gasteiger partial charge in [0.05, 0.1) is 12.2 Å². The maximum Gasteiger partial charge on any atom is 0.220 e. The second kappa shape index (κ2) is 7.78. The van der Waals surface area contributed by atoms with Crippen LogP contribution in [-0.4, -0.2) is 21.7 Å². The lowest BCUT2D eigenvalue weighted by atomic mass is 9.91. The third-order valence-corrected chi connectivity index (χ3v) is 4.80. The molecule has 134 valence electrons. The van der Waals surface area contributed by atoms with E-state index in [9.17, 15) is 9.18 Å². The van der Waals surface area contributed by atoms with Gasteiger partial charge in [-0.05, 0) is 37.5 Å². The van der Waals surface area contributed by atoms with Gasteiger partial charge in [-0.3, -0.25) is 9.48 Å². The summed E-state index contributed by atoms with van der Waals surface area (Å²) in [6.45, 7) is 5.80. The van der Waals surface area contributed by atoms with Crippen LogP contribution in [0.3, 0.4) is 0 Å². The van der Waals surface area contributed by atoms with Crippen LogP contribution in [0.2, 0.25) is 0 Å². The Hall–Kier alpha value is -2.21. The predicted octanol–water partition coefficient (Wildman–Crippen LogP) is 2.85. The molecule has 2 aromatic rings. The Labute approximate surface area is 147 Å². The van der Waals surface area contributed by atoms with Gasteiger partial charge in [0.2, 0.25) is 5.91 Å². The summed E-state index contributed by atoms with van der Waals surface area (Å²) in [6.07, 6.45) is 4.16. The van der Waals surface area contributed by atoms with Crippen LogP contribution in [0.5, 0.6) is 0 Å². The van der Waals surface area contributed by atoms with Crippen molar-refractivity contribution in [3.8, 4) is 0 Å². The van der Waals surface area contributed by atoms with Gasteiger partial charge >= 0.3 is 0 Å². The Morgan fingerprint density at radius 2 is 2.28 bits per heavy atom. The van der Waals surface area contributed by atoms with E-state index < -0.39 is 0 Å². The van der Waals surface area contributed by atoms with Gasteiger partial charge in [0.25, 0.3) is 0 Å². The molecule has 1 aromatic heterocycles. The number of piperidine rings is 1. The Morgan fingerprint density at radius 1 is 1.44 bits per heavy atom. The smallest absolute Gasteiger partial charge is 0.220 e. The number of benzene rings is 1. The summed E-state index contributed by atoms with van der Waals surface area (Å²) in [6, 6.07) is 6.30. The minimum Gasteiger partial charge on any atom is -0.348 e. The molecule has 0 spiro atoms. The molecule has 2 heterocycles. The van der Waals surface area contributed by atoms with Crippen LogP contribution in [0, 0.1) is 12.7 Å². The standard InChI is InChI=1S/C19H25FN4O/c1-3-9-24-13(2)15(12-22-24)11-21-17-7-8-18(25)23-19(17)14-5-4-6-16(20)10-14/h4-6,10,12,17,19,21H,3,7-9,11H2,1-2H3,(H,23,25)/t17-,19+/m1/s1. The lowest BCUT2D eigenvalue weighted by Gasteiger charge is -2.33. The van der Waals surface area contributed by atoms with E-state index in [0.717, 1.165) is 36.2 Å². The second-order valence-corrected chi connectivity index (χ2v) is 6.60. The van der Waals surface area contributed by atoms with Crippen LogP contribution in [0.1, 0.15) is 49.0 Å². The molecule has 0 aliphatic carbocycles. The molecule has 2 N–H and O–H groups in total. The molecule has 5 nitrogen and oxygen atoms in total. The van der Waals surface area contributed by atoms with E-state index in [1.54, 1.807) is 6.07 Å². The SMILES string of the molecule is CCCn1ncc(CN[C@@H]2CCC(=O)N[C@H]2c2cccc(F)c2)c1C. The summed E-state index contributed by atoms with van der Waals surface area (Å²) in [5.41, 5.74) is 3.11. The molecule has 25 heavy (non-hydrogen) atoms. The van der Waals surface area contributed by atoms with Crippen LogP contribution in [0.15, 0.2) is 30.5 Å². The number of nitrogens with zero attached hydrogens (tertiary/aromatic N) is 2. The van der Waals surface area contributed by atoms with Gasteiger partial charge in [-0.15, -0.1) is 0 Å².